The lowest BCUT2D eigenvalue weighted by molar-refractivity contribution is 0.284. The van der Waals surface area contributed by atoms with E-state index in [0.29, 0.717) is 17.1 Å². The monoisotopic (exact) mass is 308 g/mol. The van der Waals surface area contributed by atoms with Crippen molar-refractivity contribution >= 4 is 6.08 Å². The van der Waals surface area contributed by atoms with Crippen molar-refractivity contribution < 1.29 is 13.9 Å². The minimum Gasteiger partial charge on any atom is -0.493 e. The Balaban J connectivity index is 2.22. The van der Waals surface area contributed by atoms with Gasteiger partial charge in [-0.25, -0.2) is 4.39 Å². The largest absolute Gasteiger partial charge is 0.493 e. The highest BCUT2D eigenvalue weighted by Crippen LogP contribution is 2.29. The van der Waals surface area contributed by atoms with Crippen molar-refractivity contribution in [1.29, 1.82) is 10.5 Å². The molecule has 0 aliphatic rings. The predicted molar refractivity (Wildman–Crippen MR) is 82.9 cm³/mol. The van der Waals surface area contributed by atoms with Crippen LogP contribution in [0.2, 0.25) is 0 Å². The second-order valence-electron chi connectivity index (χ2n) is 4.61. The van der Waals surface area contributed by atoms with Crippen LogP contribution in [-0.2, 0) is 6.61 Å². The highest BCUT2D eigenvalue weighted by atomic mass is 19.1. The molecule has 0 aliphatic carbocycles. The van der Waals surface area contributed by atoms with Crippen LogP contribution < -0.4 is 9.47 Å². The minimum absolute atomic E-state index is 0.000323. The Morgan fingerprint density at radius 3 is 2.39 bits per heavy atom. The summed E-state index contributed by atoms with van der Waals surface area (Å²) in [4.78, 5) is 0. The molecule has 0 saturated heterocycles. The van der Waals surface area contributed by atoms with Crippen LogP contribution in [0.1, 0.15) is 11.1 Å². The standard InChI is InChI=1S/C18H13FN2O2/c1-22-17-7-4-14(8-15(10-20)11-21)9-18(17)23-12-13-2-5-16(19)6-3-13/h2-9H,12H2,1H3. The third kappa shape index (κ3) is 4.33. The molecule has 0 fully saturated rings. The van der Waals surface area contributed by atoms with Crippen LogP contribution in [0.25, 0.3) is 6.08 Å². The van der Waals surface area contributed by atoms with E-state index >= 15 is 0 Å². The summed E-state index contributed by atoms with van der Waals surface area (Å²) in [5, 5.41) is 17.6. The summed E-state index contributed by atoms with van der Waals surface area (Å²) in [5.41, 5.74) is 1.46. The molecule has 0 bridgehead atoms. The average Bonchev–Trinajstić information content (AvgIpc) is 2.59. The number of benzene rings is 2. The molecule has 2 rings (SSSR count). The number of methoxy groups -OCH3 is 1. The molecule has 0 atom stereocenters. The summed E-state index contributed by atoms with van der Waals surface area (Å²) in [6, 6.07) is 14.7. The molecule has 0 aromatic heterocycles. The first-order valence-electron chi connectivity index (χ1n) is 6.73. The molecule has 0 N–H and O–H groups in total. The summed E-state index contributed by atoms with van der Waals surface area (Å²) in [6.07, 6.45) is 1.46. The van der Waals surface area contributed by atoms with Gasteiger partial charge in [0.15, 0.2) is 11.5 Å². The minimum atomic E-state index is -0.306. The Morgan fingerprint density at radius 1 is 1.09 bits per heavy atom. The maximum absolute atomic E-state index is 12.9. The lowest BCUT2D eigenvalue weighted by Crippen LogP contribution is -1.98. The number of rotatable bonds is 5. The van der Waals surface area contributed by atoms with E-state index in [1.54, 1.807) is 42.5 Å². The van der Waals surface area contributed by atoms with Crippen molar-refractivity contribution in [2.45, 2.75) is 6.61 Å². The molecule has 4 nitrogen and oxygen atoms in total. The molecule has 114 valence electrons. The molecule has 0 heterocycles. The van der Waals surface area contributed by atoms with E-state index in [-0.39, 0.29) is 18.0 Å². The van der Waals surface area contributed by atoms with Crippen molar-refractivity contribution in [2.75, 3.05) is 7.11 Å². The van der Waals surface area contributed by atoms with Crippen LogP contribution in [-0.4, -0.2) is 7.11 Å². The fourth-order valence-corrected chi connectivity index (χ4v) is 1.89. The van der Waals surface area contributed by atoms with Gasteiger partial charge in [-0.05, 0) is 41.5 Å². The van der Waals surface area contributed by atoms with Gasteiger partial charge in [0.2, 0.25) is 0 Å². The number of nitrogens with zero attached hydrogens (tertiary/aromatic N) is 2. The third-order valence-corrected chi connectivity index (χ3v) is 3.05. The van der Waals surface area contributed by atoms with Crippen LogP contribution in [0.4, 0.5) is 4.39 Å². The fourth-order valence-electron chi connectivity index (χ4n) is 1.89. The van der Waals surface area contributed by atoms with Crippen molar-refractivity contribution in [3.05, 3.63) is 65.0 Å². The van der Waals surface area contributed by atoms with Crippen LogP contribution >= 0.6 is 0 Å². The van der Waals surface area contributed by atoms with Crippen molar-refractivity contribution in [3.8, 4) is 23.6 Å². The molecule has 5 heteroatoms. The van der Waals surface area contributed by atoms with E-state index in [9.17, 15) is 4.39 Å². The Bertz CT molecular complexity index is 783. The molecule has 2 aromatic carbocycles. The average molecular weight is 308 g/mol. The van der Waals surface area contributed by atoms with Gasteiger partial charge in [-0.15, -0.1) is 0 Å². The Hall–Kier alpha value is -3.31. The first-order chi connectivity index (χ1) is 11.2. The van der Waals surface area contributed by atoms with Crippen LogP contribution in [0.15, 0.2) is 48.0 Å². The summed E-state index contributed by atoms with van der Waals surface area (Å²) in [7, 11) is 1.52. The highest BCUT2D eigenvalue weighted by molar-refractivity contribution is 5.64. The van der Waals surface area contributed by atoms with Gasteiger partial charge in [-0.2, -0.15) is 10.5 Å². The second kappa shape index (κ2) is 7.63. The number of ether oxygens (including phenoxy) is 2. The predicted octanol–water partition coefficient (Wildman–Crippen LogP) is 3.84. The highest BCUT2D eigenvalue weighted by Gasteiger charge is 2.06. The zero-order valence-corrected chi connectivity index (χ0v) is 12.4. The van der Waals surface area contributed by atoms with Crippen molar-refractivity contribution in [2.24, 2.45) is 0 Å². The van der Waals surface area contributed by atoms with E-state index in [1.807, 2.05) is 0 Å². The zero-order chi connectivity index (χ0) is 16.7. The van der Waals surface area contributed by atoms with Gasteiger partial charge < -0.3 is 9.47 Å². The quantitative estimate of drug-likeness (QED) is 0.787. The van der Waals surface area contributed by atoms with Gasteiger partial charge in [-0.3, -0.25) is 0 Å². The molecule has 2 aromatic rings. The third-order valence-electron chi connectivity index (χ3n) is 3.05. The molecule has 0 unspecified atom stereocenters. The van der Waals surface area contributed by atoms with Gasteiger partial charge in [0.1, 0.15) is 30.1 Å². The van der Waals surface area contributed by atoms with Crippen molar-refractivity contribution in [3.63, 3.8) is 0 Å². The molecule has 0 radical (unpaired) electrons. The summed E-state index contributed by atoms with van der Waals surface area (Å²) >= 11 is 0. The first kappa shape index (κ1) is 16.1. The van der Waals surface area contributed by atoms with Gasteiger partial charge in [0.05, 0.1) is 7.11 Å². The van der Waals surface area contributed by atoms with Crippen LogP contribution in [0.3, 0.4) is 0 Å². The lowest BCUT2D eigenvalue weighted by atomic mass is 10.1. The normalized spacial score (nSPS) is 9.39. The topological polar surface area (TPSA) is 66.0 Å². The second-order valence-corrected chi connectivity index (χ2v) is 4.61. The zero-order valence-electron chi connectivity index (χ0n) is 12.4. The number of hydrogen-bond acceptors (Lipinski definition) is 4. The molecular formula is C18H13FN2O2. The maximum Gasteiger partial charge on any atom is 0.162 e. The van der Waals surface area contributed by atoms with Gasteiger partial charge in [-0.1, -0.05) is 18.2 Å². The van der Waals surface area contributed by atoms with Gasteiger partial charge >= 0.3 is 0 Å². The Labute approximate surface area is 133 Å². The Kier molecular flexibility index (Phi) is 5.33. The molecule has 0 amide bonds. The molecular weight excluding hydrogens is 295 g/mol. The van der Waals surface area contributed by atoms with E-state index in [0.717, 1.165) is 5.56 Å². The number of halogens is 1. The number of allylic oxidation sites excluding steroid dienone is 1. The van der Waals surface area contributed by atoms with Crippen LogP contribution in [0, 0.1) is 28.5 Å². The lowest BCUT2D eigenvalue weighted by Gasteiger charge is -2.11. The maximum atomic E-state index is 12.9. The molecule has 0 aliphatic heterocycles. The number of nitriles is 2. The Morgan fingerprint density at radius 2 is 1.78 bits per heavy atom. The van der Waals surface area contributed by atoms with Crippen LogP contribution in [0.5, 0.6) is 11.5 Å². The van der Waals surface area contributed by atoms with Crippen molar-refractivity contribution in [1.82, 2.24) is 0 Å². The van der Waals surface area contributed by atoms with E-state index in [1.165, 1.54) is 25.3 Å². The first-order valence-corrected chi connectivity index (χ1v) is 6.73. The summed E-state index contributed by atoms with van der Waals surface area (Å²) in [6.45, 7) is 0.243. The van der Waals surface area contributed by atoms with Gasteiger partial charge in [0.25, 0.3) is 0 Å². The smallest absolute Gasteiger partial charge is 0.162 e. The van der Waals surface area contributed by atoms with E-state index < -0.39 is 0 Å². The summed E-state index contributed by atoms with van der Waals surface area (Å²) in [5.74, 6) is 0.694. The fraction of sp³-hybridized carbons (Fsp3) is 0.111. The molecule has 0 spiro atoms. The number of hydrogen-bond donors (Lipinski definition) is 0. The molecule has 0 saturated carbocycles. The van der Waals surface area contributed by atoms with E-state index in [4.69, 9.17) is 20.0 Å². The van der Waals surface area contributed by atoms with Gasteiger partial charge in [0, 0.05) is 0 Å². The van der Waals surface area contributed by atoms with E-state index in [2.05, 4.69) is 0 Å². The molecule has 23 heavy (non-hydrogen) atoms. The SMILES string of the molecule is COc1ccc(C=C(C#N)C#N)cc1OCc1ccc(F)cc1. The summed E-state index contributed by atoms with van der Waals surface area (Å²) < 4.78 is 23.8.